The summed E-state index contributed by atoms with van der Waals surface area (Å²) in [6.45, 7) is 3.99. The molecule has 0 amide bonds. The van der Waals surface area contributed by atoms with Crippen molar-refractivity contribution in [2.24, 2.45) is 0 Å². The molecule has 2 heterocycles. The predicted molar refractivity (Wildman–Crippen MR) is 139 cm³/mol. The minimum atomic E-state index is -3.51. The van der Waals surface area contributed by atoms with Crippen LogP contribution < -0.4 is 4.90 Å². The number of aromatic nitrogens is 2. The van der Waals surface area contributed by atoms with Gasteiger partial charge in [0.1, 0.15) is 5.82 Å². The first-order valence-corrected chi connectivity index (χ1v) is 13.2. The third-order valence-corrected chi connectivity index (χ3v) is 8.28. The molecular weight excluding hydrogens is 456 g/mol. The summed E-state index contributed by atoms with van der Waals surface area (Å²) in [5.41, 5.74) is 4.18. The zero-order valence-corrected chi connectivity index (χ0v) is 20.5. The van der Waals surface area contributed by atoms with Gasteiger partial charge in [-0.3, -0.25) is 0 Å². The summed E-state index contributed by atoms with van der Waals surface area (Å²) in [4.78, 5) is 12.4. The third-order valence-electron chi connectivity index (χ3n) is 6.37. The van der Waals surface area contributed by atoms with Gasteiger partial charge in [0.2, 0.25) is 10.0 Å². The van der Waals surface area contributed by atoms with Crippen molar-refractivity contribution in [2.45, 2.75) is 18.2 Å². The summed E-state index contributed by atoms with van der Waals surface area (Å²) in [7, 11) is -3.51. The number of nitrogens with zero attached hydrogens (tertiary/aromatic N) is 4. The van der Waals surface area contributed by atoms with Crippen molar-refractivity contribution in [2.75, 3.05) is 31.1 Å². The van der Waals surface area contributed by atoms with Gasteiger partial charge < -0.3 is 4.90 Å². The van der Waals surface area contributed by atoms with Crippen LogP contribution in [0.25, 0.3) is 11.4 Å². The molecule has 0 unspecified atom stereocenters. The maximum atomic E-state index is 13.1. The van der Waals surface area contributed by atoms with E-state index in [1.807, 2.05) is 61.5 Å². The second-order valence-electron chi connectivity index (χ2n) is 8.67. The molecule has 1 aromatic heterocycles. The molecule has 0 radical (unpaired) electrons. The van der Waals surface area contributed by atoms with E-state index < -0.39 is 10.0 Å². The lowest BCUT2D eigenvalue weighted by Gasteiger charge is -2.36. The molecule has 0 N–H and O–H groups in total. The molecule has 0 saturated carbocycles. The minimum Gasteiger partial charge on any atom is -0.354 e. The second-order valence-corrected chi connectivity index (χ2v) is 10.6. The average molecular weight is 485 g/mol. The van der Waals surface area contributed by atoms with Gasteiger partial charge >= 0.3 is 0 Å². The fraction of sp³-hybridized carbons (Fsp3) is 0.214. The minimum absolute atomic E-state index is 0.336. The molecule has 7 heteroatoms. The van der Waals surface area contributed by atoms with Crippen LogP contribution >= 0.6 is 0 Å². The van der Waals surface area contributed by atoms with Gasteiger partial charge in [0.05, 0.1) is 4.90 Å². The Hall–Kier alpha value is -3.55. The van der Waals surface area contributed by atoms with E-state index in [0.717, 1.165) is 29.1 Å². The van der Waals surface area contributed by atoms with Crippen LogP contribution in [0.2, 0.25) is 0 Å². The fourth-order valence-corrected chi connectivity index (χ4v) is 5.89. The second kappa shape index (κ2) is 9.98. The molecule has 0 bridgehead atoms. The van der Waals surface area contributed by atoms with Crippen molar-refractivity contribution in [1.82, 2.24) is 14.3 Å². The molecule has 1 fully saturated rings. The van der Waals surface area contributed by atoms with Gasteiger partial charge in [0.25, 0.3) is 0 Å². The van der Waals surface area contributed by atoms with Crippen molar-refractivity contribution < 1.29 is 8.42 Å². The zero-order valence-electron chi connectivity index (χ0n) is 19.7. The number of rotatable bonds is 6. The molecule has 1 aliphatic heterocycles. The lowest BCUT2D eigenvalue weighted by atomic mass is 10.0. The smallest absolute Gasteiger partial charge is 0.243 e. The number of benzene rings is 3. The monoisotopic (exact) mass is 484 g/mol. The number of sulfonamides is 1. The van der Waals surface area contributed by atoms with Gasteiger partial charge in [-0.2, -0.15) is 4.31 Å². The molecule has 5 rings (SSSR count). The Morgan fingerprint density at radius 1 is 0.743 bits per heavy atom. The SMILES string of the molecule is Cc1nc(-c2ccccc2)nc(N2CCN(S(=O)(=O)c3ccccc3)CC2)c1Cc1ccccc1. The van der Waals surface area contributed by atoms with Crippen LogP contribution in [0.5, 0.6) is 0 Å². The molecule has 3 aromatic carbocycles. The van der Waals surface area contributed by atoms with Crippen LogP contribution in [-0.2, 0) is 16.4 Å². The molecule has 4 aromatic rings. The summed E-state index contributed by atoms with van der Waals surface area (Å²) in [6, 6.07) is 28.9. The normalized spacial score (nSPS) is 14.7. The van der Waals surface area contributed by atoms with Crippen LogP contribution in [0, 0.1) is 6.92 Å². The average Bonchev–Trinajstić information content (AvgIpc) is 2.91. The van der Waals surface area contributed by atoms with E-state index in [4.69, 9.17) is 9.97 Å². The van der Waals surface area contributed by atoms with Crippen LogP contribution in [0.1, 0.15) is 16.8 Å². The number of hydrogen-bond acceptors (Lipinski definition) is 5. The van der Waals surface area contributed by atoms with Crippen molar-refractivity contribution >= 4 is 15.8 Å². The first-order chi connectivity index (χ1) is 17.0. The molecule has 35 heavy (non-hydrogen) atoms. The Balaban J connectivity index is 1.46. The summed E-state index contributed by atoms with van der Waals surface area (Å²) in [5.74, 6) is 1.58. The van der Waals surface area contributed by atoms with E-state index in [2.05, 4.69) is 17.0 Å². The molecule has 0 spiro atoms. The van der Waals surface area contributed by atoms with Gasteiger partial charge in [-0.05, 0) is 24.6 Å². The summed E-state index contributed by atoms with van der Waals surface area (Å²) >= 11 is 0. The van der Waals surface area contributed by atoms with Gasteiger partial charge in [0.15, 0.2) is 5.82 Å². The summed E-state index contributed by atoms with van der Waals surface area (Å²) in [5, 5.41) is 0. The maximum Gasteiger partial charge on any atom is 0.243 e. The Morgan fingerprint density at radius 3 is 1.94 bits per heavy atom. The van der Waals surface area contributed by atoms with Crippen molar-refractivity contribution in [3.63, 3.8) is 0 Å². The van der Waals surface area contributed by atoms with Crippen molar-refractivity contribution in [3.05, 3.63) is 108 Å². The fourth-order valence-electron chi connectivity index (χ4n) is 4.45. The summed E-state index contributed by atoms with van der Waals surface area (Å²) in [6.07, 6.45) is 0.722. The Bertz CT molecular complexity index is 1390. The lowest BCUT2D eigenvalue weighted by molar-refractivity contribution is 0.383. The standard InChI is InChI=1S/C28H28N4O2S/c1-22-26(21-23-11-5-2-6-12-23)28(30-27(29-22)24-13-7-3-8-14-24)31-17-19-32(20-18-31)35(33,34)25-15-9-4-10-16-25/h2-16H,17-21H2,1H3. The van der Waals surface area contributed by atoms with Crippen LogP contribution in [-0.4, -0.2) is 48.9 Å². The number of anilines is 1. The van der Waals surface area contributed by atoms with E-state index in [9.17, 15) is 8.42 Å². The largest absolute Gasteiger partial charge is 0.354 e. The lowest BCUT2D eigenvalue weighted by Crippen LogP contribution is -2.49. The van der Waals surface area contributed by atoms with Crippen LogP contribution in [0.15, 0.2) is 95.9 Å². The van der Waals surface area contributed by atoms with Gasteiger partial charge in [-0.15, -0.1) is 0 Å². The topological polar surface area (TPSA) is 66.4 Å². The molecule has 6 nitrogen and oxygen atoms in total. The molecule has 0 atom stereocenters. The molecule has 1 saturated heterocycles. The molecule has 178 valence electrons. The van der Waals surface area contributed by atoms with E-state index in [0.29, 0.717) is 36.9 Å². The maximum absolute atomic E-state index is 13.1. The summed E-state index contributed by atoms with van der Waals surface area (Å²) < 4.78 is 27.8. The van der Waals surface area contributed by atoms with Crippen molar-refractivity contribution in [1.29, 1.82) is 0 Å². The number of piperazine rings is 1. The Morgan fingerprint density at radius 2 is 1.31 bits per heavy atom. The van der Waals surface area contributed by atoms with E-state index in [1.54, 1.807) is 28.6 Å². The number of hydrogen-bond donors (Lipinski definition) is 0. The Labute approximate surface area is 207 Å². The first-order valence-electron chi connectivity index (χ1n) is 11.8. The number of aryl methyl sites for hydroxylation is 1. The van der Waals surface area contributed by atoms with Crippen LogP contribution in [0.3, 0.4) is 0 Å². The van der Waals surface area contributed by atoms with Crippen LogP contribution in [0.4, 0.5) is 5.82 Å². The van der Waals surface area contributed by atoms with E-state index in [-0.39, 0.29) is 0 Å². The highest BCUT2D eigenvalue weighted by atomic mass is 32.2. The first kappa shape index (κ1) is 23.2. The molecule has 0 aliphatic carbocycles. The van der Waals surface area contributed by atoms with E-state index >= 15 is 0 Å². The highest BCUT2D eigenvalue weighted by Crippen LogP contribution is 2.29. The highest BCUT2D eigenvalue weighted by molar-refractivity contribution is 7.89. The highest BCUT2D eigenvalue weighted by Gasteiger charge is 2.30. The quantitative estimate of drug-likeness (QED) is 0.402. The zero-order chi connectivity index (χ0) is 24.3. The third kappa shape index (κ3) is 4.97. The predicted octanol–water partition coefficient (Wildman–Crippen LogP) is 4.55. The van der Waals surface area contributed by atoms with E-state index in [1.165, 1.54) is 5.56 Å². The van der Waals surface area contributed by atoms with Gasteiger partial charge in [-0.25, -0.2) is 18.4 Å². The van der Waals surface area contributed by atoms with Gasteiger partial charge in [0, 0.05) is 49.4 Å². The van der Waals surface area contributed by atoms with Gasteiger partial charge in [-0.1, -0.05) is 78.9 Å². The van der Waals surface area contributed by atoms with Crippen molar-refractivity contribution in [3.8, 4) is 11.4 Å². The Kier molecular flexibility index (Phi) is 6.61. The molecular formula is C28H28N4O2S. The molecule has 1 aliphatic rings.